The fourth-order valence-corrected chi connectivity index (χ4v) is 2.41. The second-order valence-corrected chi connectivity index (χ2v) is 3.69. The first-order chi connectivity index (χ1) is 5.75. The standard InChI is InChI=1S/C8H14N2O2/c11-7(12)10-5-1-2-8(10)3-4-9-6-8/h9H,1-6H2,(H,11,12). The number of nitrogens with one attached hydrogen (secondary N) is 1. The number of amides is 1. The van der Waals surface area contributed by atoms with Gasteiger partial charge in [0.15, 0.2) is 0 Å². The molecule has 0 bridgehead atoms. The van der Waals surface area contributed by atoms with Gasteiger partial charge in [0.2, 0.25) is 0 Å². The molecule has 68 valence electrons. The van der Waals surface area contributed by atoms with E-state index in [0.29, 0.717) is 0 Å². The van der Waals surface area contributed by atoms with Gasteiger partial charge in [0.05, 0.1) is 5.54 Å². The lowest BCUT2D eigenvalue weighted by atomic mass is 9.96. The Morgan fingerprint density at radius 3 is 2.92 bits per heavy atom. The van der Waals surface area contributed by atoms with E-state index >= 15 is 0 Å². The van der Waals surface area contributed by atoms with Crippen molar-refractivity contribution in [2.75, 3.05) is 19.6 Å². The van der Waals surface area contributed by atoms with Gasteiger partial charge < -0.3 is 15.3 Å². The van der Waals surface area contributed by atoms with Gasteiger partial charge in [-0.1, -0.05) is 0 Å². The Kier molecular flexibility index (Phi) is 1.72. The van der Waals surface area contributed by atoms with Gasteiger partial charge in [-0.05, 0) is 25.8 Å². The molecule has 2 aliphatic rings. The zero-order chi connectivity index (χ0) is 8.60. The van der Waals surface area contributed by atoms with Gasteiger partial charge in [-0.2, -0.15) is 0 Å². The first kappa shape index (κ1) is 7.86. The molecule has 0 radical (unpaired) electrons. The molecular weight excluding hydrogens is 156 g/mol. The van der Waals surface area contributed by atoms with Crippen LogP contribution in [0, 0.1) is 0 Å². The number of rotatable bonds is 0. The Labute approximate surface area is 71.5 Å². The van der Waals surface area contributed by atoms with Gasteiger partial charge in [0.1, 0.15) is 0 Å². The smallest absolute Gasteiger partial charge is 0.407 e. The van der Waals surface area contributed by atoms with E-state index < -0.39 is 6.09 Å². The van der Waals surface area contributed by atoms with Crippen LogP contribution in [-0.2, 0) is 0 Å². The highest BCUT2D eigenvalue weighted by Gasteiger charge is 2.45. The molecule has 2 saturated heterocycles. The van der Waals surface area contributed by atoms with E-state index in [4.69, 9.17) is 5.11 Å². The molecule has 4 nitrogen and oxygen atoms in total. The third-order valence-corrected chi connectivity index (χ3v) is 3.05. The van der Waals surface area contributed by atoms with Crippen LogP contribution in [-0.4, -0.2) is 41.3 Å². The van der Waals surface area contributed by atoms with Crippen molar-refractivity contribution in [3.05, 3.63) is 0 Å². The SMILES string of the molecule is O=C(O)N1CCCC12CCNC2. The summed E-state index contributed by atoms with van der Waals surface area (Å²) >= 11 is 0. The van der Waals surface area contributed by atoms with E-state index in [0.717, 1.165) is 38.9 Å². The van der Waals surface area contributed by atoms with Gasteiger partial charge in [0, 0.05) is 13.1 Å². The first-order valence-corrected chi connectivity index (χ1v) is 4.46. The third kappa shape index (κ3) is 0.982. The predicted octanol–water partition coefficient (Wildman–Crippen LogP) is 0.492. The minimum atomic E-state index is -0.754. The second kappa shape index (κ2) is 2.62. The molecule has 0 aliphatic carbocycles. The molecule has 12 heavy (non-hydrogen) atoms. The predicted molar refractivity (Wildman–Crippen MR) is 44.2 cm³/mol. The van der Waals surface area contributed by atoms with E-state index in [1.165, 1.54) is 0 Å². The maximum absolute atomic E-state index is 10.9. The zero-order valence-electron chi connectivity index (χ0n) is 7.05. The topological polar surface area (TPSA) is 52.6 Å². The zero-order valence-corrected chi connectivity index (χ0v) is 7.05. The van der Waals surface area contributed by atoms with Crippen LogP contribution in [0.3, 0.4) is 0 Å². The Hall–Kier alpha value is -0.770. The summed E-state index contributed by atoms with van der Waals surface area (Å²) in [5, 5.41) is 12.2. The summed E-state index contributed by atoms with van der Waals surface area (Å²) < 4.78 is 0. The fourth-order valence-electron chi connectivity index (χ4n) is 2.41. The quantitative estimate of drug-likeness (QED) is 0.556. The number of nitrogens with zero attached hydrogens (tertiary/aromatic N) is 1. The molecule has 0 aromatic heterocycles. The molecule has 1 amide bonds. The van der Waals surface area contributed by atoms with Crippen LogP contribution in [0.25, 0.3) is 0 Å². The Morgan fingerprint density at radius 2 is 2.33 bits per heavy atom. The van der Waals surface area contributed by atoms with E-state index in [9.17, 15) is 4.79 Å². The van der Waals surface area contributed by atoms with Gasteiger partial charge in [0.25, 0.3) is 0 Å². The largest absolute Gasteiger partial charge is 0.465 e. The lowest BCUT2D eigenvalue weighted by Crippen LogP contribution is -2.48. The fraction of sp³-hybridized carbons (Fsp3) is 0.875. The lowest BCUT2D eigenvalue weighted by molar-refractivity contribution is 0.110. The molecule has 0 aromatic carbocycles. The van der Waals surface area contributed by atoms with Crippen LogP contribution >= 0.6 is 0 Å². The van der Waals surface area contributed by atoms with Crippen molar-refractivity contribution in [1.29, 1.82) is 0 Å². The van der Waals surface area contributed by atoms with Crippen molar-refractivity contribution >= 4 is 6.09 Å². The molecule has 2 fully saturated rings. The second-order valence-electron chi connectivity index (χ2n) is 3.69. The van der Waals surface area contributed by atoms with Crippen molar-refractivity contribution in [3.63, 3.8) is 0 Å². The van der Waals surface area contributed by atoms with Crippen LogP contribution in [0.4, 0.5) is 4.79 Å². The highest BCUT2D eigenvalue weighted by Crippen LogP contribution is 2.34. The van der Waals surface area contributed by atoms with E-state index in [1.807, 2.05) is 0 Å². The number of hydrogen-bond donors (Lipinski definition) is 2. The number of likely N-dealkylation sites (tertiary alicyclic amines) is 1. The molecular formula is C8H14N2O2. The summed E-state index contributed by atoms with van der Waals surface area (Å²) in [4.78, 5) is 12.5. The summed E-state index contributed by atoms with van der Waals surface area (Å²) in [6.07, 6.45) is 2.29. The van der Waals surface area contributed by atoms with Crippen molar-refractivity contribution in [2.24, 2.45) is 0 Å². The third-order valence-electron chi connectivity index (χ3n) is 3.05. The van der Waals surface area contributed by atoms with Crippen LogP contribution in [0.1, 0.15) is 19.3 Å². The molecule has 2 heterocycles. The van der Waals surface area contributed by atoms with Crippen molar-refractivity contribution in [2.45, 2.75) is 24.8 Å². The van der Waals surface area contributed by atoms with E-state index in [1.54, 1.807) is 4.90 Å². The molecule has 2 rings (SSSR count). The maximum atomic E-state index is 10.9. The van der Waals surface area contributed by atoms with Crippen molar-refractivity contribution in [1.82, 2.24) is 10.2 Å². The molecule has 1 unspecified atom stereocenters. The summed E-state index contributed by atoms with van der Waals surface area (Å²) in [6.45, 7) is 2.53. The minimum absolute atomic E-state index is 0.0498. The molecule has 4 heteroatoms. The van der Waals surface area contributed by atoms with Gasteiger partial charge >= 0.3 is 6.09 Å². The average molecular weight is 170 g/mol. The molecule has 1 atom stereocenters. The number of carbonyl (C=O) groups is 1. The molecule has 2 aliphatic heterocycles. The van der Waals surface area contributed by atoms with Crippen LogP contribution in [0.15, 0.2) is 0 Å². The summed E-state index contributed by atoms with van der Waals surface area (Å²) in [5.74, 6) is 0. The van der Waals surface area contributed by atoms with Gasteiger partial charge in [-0.3, -0.25) is 0 Å². The molecule has 0 saturated carbocycles. The lowest BCUT2D eigenvalue weighted by Gasteiger charge is -2.31. The first-order valence-electron chi connectivity index (χ1n) is 4.46. The summed E-state index contributed by atoms with van der Waals surface area (Å²) in [7, 11) is 0. The highest BCUT2D eigenvalue weighted by molar-refractivity contribution is 5.66. The Morgan fingerprint density at radius 1 is 1.50 bits per heavy atom. The van der Waals surface area contributed by atoms with E-state index in [-0.39, 0.29) is 5.54 Å². The van der Waals surface area contributed by atoms with E-state index in [2.05, 4.69) is 5.32 Å². The number of carboxylic acid groups (broad SMARTS) is 1. The minimum Gasteiger partial charge on any atom is -0.465 e. The Balaban J connectivity index is 2.17. The summed E-state index contributed by atoms with van der Waals surface area (Å²) in [6, 6.07) is 0. The van der Waals surface area contributed by atoms with Crippen LogP contribution < -0.4 is 5.32 Å². The van der Waals surface area contributed by atoms with Gasteiger partial charge in [-0.25, -0.2) is 4.79 Å². The normalized spacial score (nSPS) is 34.8. The van der Waals surface area contributed by atoms with Crippen molar-refractivity contribution in [3.8, 4) is 0 Å². The average Bonchev–Trinajstić information content (AvgIpc) is 2.61. The number of hydrogen-bond acceptors (Lipinski definition) is 2. The van der Waals surface area contributed by atoms with Gasteiger partial charge in [-0.15, -0.1) is 0 Å². The Bertz CT molecular complexity index is 194. The maximum Gasteiger partial charge on any atom is 0.407 e. The molecule has 2 N–H and O–H groups in total. The van der Waals surface area contributed by atoms with Crippen LogP contribution in [0.2, 0.25) is 0 Å². The van der Waals surface area contributed by atoms with Crippen LogP contribution in [0.5, 0.6) is 0 Å². The highest BCUT2D eigenvalue weighted by atomic mass is 16.4. The van der Waals surface area contributed by atoms with Crippen molar-refractivity contribution < 1.29 is 9.90 Å². The molecule has 1 spiro atoms. The monoisotopic (exact) mass is 170 g/mol. The summed E-state index contributed by atoms with van der Waals surface area (Å²) in [5.41, 5.74) is -0.0498. The molecule has 0 aromatic rings.